The van der Waals surface area contributed by atoms with Gasteiger partial charge in [0.2, 0.25) is 0 Å². The average molecular weight is 410 g/mol. The van der Waals surface area contributed by atoms with Crippen molar-refractivity contribution in [3.63, 3.8) is 0 Å². The number of aromatic nitrogens is 3. The van der Waals surface area contributed by atoms with Crippen molar-refractivity contribution in [1.82, 2.24) is 25.6 Å². The largest absolute Gasteiger partial charge is 0.349 e. The summed E-state index contributed by atoms with van der Waals surface area (Å²) in [5, 5.41) is 16.4. The molecule has 1 heterocycles. The van der Waals surface area contributed by atoms with Gasteiger partial charge in [0.05, 0.1) is 17.7 Å². The maximum Gasteiger partial charge on any atom is 0.319 e. The number of benzene rings is 2. The molecular formula is C21H23FN6O2. The lowest BCUT2D eigenvalue weighted by atomic mass is 10.1. The summed E-state index contributed by atoms with van der Waals surface area (Å²) in [5.41, 5.74) is 2.06. The molecule has 2 aromatic carbocycles. The van der Waals surface area contributed by atoms with E-state index in [1.54, 1.807) is 35.0 Å². The molecule has 3 N–H and O–H groups in total. The number of anilines is 1. The lowest BCUT2D eigenvalue weighted by molar-refractivity contribution is 0.0938. The number of carbonyl (C=O) groups is 2. The van der Waals surface area contributed by atoms with Crippen LogP contribution in [0, 0.1) is 5.82 Å². The van der Waals surface area contributed by atoms with Gasteiger partial charge in [-0.05, 0) is 43.2 Å². The summed E-state index contributed by atoms with van der Waals surface area (Å²) in [4.78, 5) is 24.4. The number of rotatable bonds is 6. The normalized spacial score (nSPS) is 14.0. The summed E-state index contributed by atoms with van der Waals surface area (Å²) in [6.45, 7) is 0.664. The highest BCUT2D eigenvalue weighted by Gasteiger charge is 2.18. The standard InChI is InChI=1S/C21H23FN6O2/c22-16-7-3-4-8-17(16)25-21(30)23-11-12-28-19-10-9-14(13-18(19)26-27-28)20(29)24-15-5-1-2-6-15/h3-4,7-10,13,15H,1-2,5-6,11-12H2,(H,24,29)(H2,23,25,30). The molecule has 30 heavy (non-hydrogen) atoms. The fourth-order valence-corrected chi connectivity index (χ4v) is 3.62. The third-order valence-electron chi connectivity index (χ3n) is 5.20. The molecule has 4 rings (SSSR count). The zero-order valence-corrected chi connectivity index (χ0v) is 16.4. The second kappa shape index (κ2) is 8.89. The van der Waals surface area contributed by atoms with Crippen molar-refractivity contribution in [3.8, 4) is 0 Å². The summed E-state index contributed by atoms with van der Waals surface area (Å²) < 4.78 is 15.2. The predicted molar refractivity (Wildman–Crippen MR) is 111 cm³/mol. The molecule has 1 aliphatic rings. The number of para-hydroxylation sites is 1. The summed E-state index contributed by atoms with van der Waals surface area (Å²) in [7, 11) is 0. The van der Waals surface area contributed by atoms with E-state index in [0.717, 1.165) is 31.2 Å². The van der Waals surface area contributed by atoms with Crippen LogP contribution in [0.5, 0.6) is 0 Å². The third-order valence-corrected chi connectivity index (χ3v) is 5.20. The fraction of sp³-hybridized carbons (Fsp3) is 0.333. The predicted octanol–water partition coefficient (Wildman–Crippen LogP) is 3.06. The maximum absolute atomic E-state index is 13.6. The second-order valence-electron chi connectivity index (χ2n) is 7.33. The van der Waals surface area contributed by atoms with Crippen LogP contribution in [0.2, 0.25) is 0 Å². The van der Waals surface area contributed by atoms with Gasteiger partial charge in [-0.15, -0.1) is 5.10 Å². The molecule has 0 unspecified atom stereocenters. The topological polar surface area (TPSA) is 101 Å². The minimum absolute atomic E-state index is 0.0927. The zero-order chi connectivity index (χ0) is 20.9. The first-order valence-corrected chi connectivity index (χ1v) is 10.0. The summed E-state index contributed by atoms with van der Waals surface area (Å²) in [5.74, 6) is -0.590. The Labute approximate surface area is 172 Å². The van der Waals surface area contributed by atoms with Gasteiger partial charge in [0.1, 0.15) is 11.3 Å². The molecule has 1 fully saturated rings. The van der Waals surface area contributed by atoms with Gasteiger partial charge in [-0.3, -0.25) is 4.79 Å². The first kappa shape index (κ1) is 19.8. The van der Waals surface area contributed by atoms with E-state index < -0.39 is 11.8 Å². The SMILES string of the molecule is O=C(NCCn1nnc2cc(C(=O)NC3CCCC3)ccc21)Nc1ccccc1F. The Morgan fingerprint density at radius 2 is 1.93 bits per heavy atom. The minimum atomic E-state index is -0.504. The molecular weight excluding hydrogens is 387 g/mol. The van der Waals surface area contributed by atoms with Gasteiger partial charge in [0.15, 0.2) is 0 Å². The molecule has 156 valence electrons. The van der Waals surface area contributed by atoms with Crippen LogP contribution in [-0.4, -0.2) is 39.5 Å². The monoisotopic (exact) mass is 410 g/mol. The van der Waals surface area contributed by atoms with Crippen molar-refractivity contribution in [2.75, 3.05) is 11.9 Å². The number of carbonyl (C=O) groups excluding carboxylic acids is 2. The molecule has 0 radical (unpaired) electrons. The Hall–Kier alpha value is -3.49. The first-order chi connectivity index (χ1) is 14.6. The van der Waals surface area contributed by atoms with Gasteiger partial charge in [-0.2, -0.15) is 0 Å². The lowest BCUT2D eigenvalue weighted by Gasteiger charge is -2.11. The molecule has 1 aliphatic carbocycles. The van der Waals surface area contributed by atoms with Crippen LogP contribution in [-0.2, 0) is 6.54 Å². The molecule has 3 aromatic rings. The third kappa shape index (κ3) is 4.56. The smallest absolute Gasteiger partial charge is 0.319 e. The highest BCUT2D eigenvalue weighted by Crippen LogP contribution is 2.19. The van der Waals surface area contributed by atoms with Crippen molar-refractivity contribution in [3.05, 3.63) is 53.8 Å². The van der Waals surface area contributed by atoms with E-state index >= 15 is 0 Å². The van der Waals surface area contributed by atoms with Gasteiger partial charge in [0, 0.05) is 18.2 Å². The van der Waals surface area contributed by atoms with E-state index in [2.05, 4.69) is 26.3 Å². The molecule has 0 aliphatic heterocycles. The van der Waals surface area contributed by atoms with Crippen LogP contribution in [0.3, 0.4) is 0 Å². The number of amides is 3. The summed E-state index contributed by atoms with van der Waals surface area (Å²) in [6.07, 6.45) is 4.37. The summed E-state index contributed by atoms with van der Waals surface area (Å²) in [6, 6.07) is 11.0. The molecule has 0 atom stereocenters. The Bertz CT molecular complexity index is 1060. The first-order valence-electron chi connectivity index (χ1n) is 10.0. The van der Waals surface area contributed by atoms with Crippen molar-refractivity contribution in [2.45, 2.75) is 38.3 Å². The van der Waals surface area contributed by atoms with Gasteiger partial charge >= 0.3 is 6.03 Å². The van der Waals surface area contributed by atoms with Crippen LogP contribution < -0.4 is 16.0 Å². The molecule has 0 spiro atoms. The van der Waals surface area contributed by atoms with Gasteiger partial charge in [-0.1, -0.05) is 30.2 Å². The Balaban J connectivity index is 1.33. The van der Waals surface area contributed by atoms with Gasteiger partial charge in [0.25, 0.3) is 5.91 Å². The quantitative estimate of drug-likeness (QED) is 0.581. The number of halogens is 1. The Morgan fingerprint density at radius 3 is 2.73 bits per heavy atom. The highest BCUT2D eigenvalue weighted by atomic mass is 19.1. The van der Waals surface area contributed by atoms with E-state index in [9.17, 15) is 14.0 Å². The number of hydrogen-bond acceptors (Lipinski definition) is 4. The highest BCUT2D eigenvalue weighted by molar-refractivity contribution is 5.97. The molecule has 0 bridgehead atoms. The van der Waals surface area contributed by atoms with Crippen molar-refractivity contribution >= 4 is 28.7 Å². The van der Waals surface area contributed by atoms with Gasteiger partial charge in [-0.25, -0.2) is 13.9 Å². The molecule has 1 aromatic heterocycles. The zero-order valence-electron chi connectivity index (χ0n) is 16.4. The van der Waals surface area contributed by atoms with Crippen LogP contribution in [0.4, 0.5) is 14.9 Å². The van der Waals surface area contributed by atoms with Crippen LogP contribution in [0.25, 0.3) is 11.0 Å². The Morgan fingerprint density at radius 1 is 1.13 bits per heavy atom. The molecule has 9 heteroatoms. The van der Waals surface area contributed by atoms with Crippen molar-refractivity contribution in [2.24, 2.45) is 0 Å². The number of urea groups is 1. The number of nitrogens with zero attached hydrogens (tertiary/aromatic N) is 3. The van der Waals surface area contributed by atoms with E-state index in [4.69, 9.17) is 0 Å². The maximum atomic E-state index is 13.6. The number of nitrogens with one attached hydrogen (secondary N) is 3. The number of hydrogen-bond donors (Lipinski definition) is 3. The minimum Gasteiger partial charge on any atom is -0.349 e. The van der Waals surface area contributed by atoms with E-state index in [1.807, 2.05) is 0 Å². The van der Waals surface area contributed by atoms with Gasteiger partial charge < -0.3 is 16.0 Å². The van der Waals surface area contributed by atoms with E-state index in [-0.39, 0.29) is 24.2 Å². The number of fused-ring (bicyclic) bond motifs is 1. The van der Waals surface area contributed by atoms with Crippen LogP contribution in [0.15, 0.2) is 42.5 Å². The molecule has 3 amide bonds. The fourth-order valence-electron chi connectivity index (χ4n) is 3.62. The average Bonchev–Trinajstić information content (AvgIpc) is 3.39. The van der Waals surface area contributed by atoms with Crippen LogP contribution >= 0.6 is 0 Å². The second-order valence-corrected chi connectivity index (χ2v) is 7.33. The molecule has 8 nitrogen and oxygen atoms in total. The van der Waals surface area contributed by atoms with Crippen molar-refractivity contribution < 1.29 is 14.0 Å². The lowest BCUT2D eigenvalue weighted by Crippen LogP contribution is -2.32. The molecule has 1 saturated carbocycles. The molecule has 0 saturated heterocycles. The summed E-state index contributed by atoms with van der Waals surface area (Å²) >= 11 is 0. The van der Waals surface area contributed by atoms with E-state index in [1.165, 1.54) is 12.1 Å². The van der Waals surface area contributed by atoms with Crippen LogP contribution in [0.1, 0.15) is 36.0 Å². The van der Waals surface area contributed by atoms with E-state index in [0.29, 0.717) is 17.6 Å². The Kier molecular flexibility index (Phi) is 5.87. The van der Waals surface area contributed by atoms with Crippen molar-refractivity contribution in [1.29, 1.82) is 0 Å².